The van der Waals surface area contributed by atoms with Gasteiger partial charge in [0, 0.05) is 26.6 Å². The van der Waals surface area contributed by atoms with Gasteiger partial charge in [-0.3, -0.25) is 0 Å². The lowest BCUT2D eigenvalue weighted by Gasteiger charge is -2.24. The van der Waals surface area contributed by atoms with Gasteiger partial charge in [0.2, 0.25) is 0 Å². The van der Waals surface area contributed by atoms with E-state index in [2.05, 4.69) is 30.6 Å². The summed E-state index contributed by atoms with van der Waals surface area (Å²) in [5.74, 6) is 0.955. The van der Waals surface area contributed by atoms with Crippen molar-refractivity contribution in [2.75, 3.05) is 26.8 Å². The molecule has 0 amide bonds. The van der Waals surface area contributed by atoms with Crippen LogP contribution in [0.4, 0.5) is 0 Å². The Labute approximate surface area is 147 Å². The predicted molar refractivity (Wildman–Crippen MR) is 97.8 cm³/mol. The summed E-state index contributed by atoms with van der Waals surface area (Å²) >= 11 is 0. The van der Waals surface area contributed by atoms with Crippen molar-refractivity contribution in [3.05, 3.63) is 29.7 Å². The fraction of sp³-hybridized carbons (Fsp3) is 0.762. The first-order chi connectivity index (χ1) is 11.6. The molecular weight excluding hydrogens is 298 g/mol. The van der Waals surface area contributed by atoms with Crippen molar-refractivity contribution in [2.45, 2.75) is 64.4 Å². The summed E-state index contributed by atoms with van der Waals surface area (Å²) < 4.78 is 11.8. The molecule has 1 saturated heterocycles. The van der Waals surface area contributed by atoms with Gasteiger partial charge in [-0.2, -0.15) is 0 Å². The van der Waals surface area contributed by atoms with Crippen LogP contribution in [0.3, 0.4) is 0 Å². The summed E-state index contributed by atoms with van der Waals surface area (Å²) in [5.41, 5.74) is 5.17. The van der Waals surface area contributed by atoms with Crippen molar-refractivity contribution in [2.24, 2.45) is 10.8 Å². The van der Waals surface area contributed by atoms with E-state index in [1.807, 2.05) is 0 Å². The second-order valence-electron chi connectivity index (χ2n) is 8.14. The number of fused-ring (bicyclic) bond motifs is 1. The van der Waals surface area contributed by atoms with Gasteiger partial charge in [0.05, 0.1) is 12.0 Å². The van der Waals surface area contributed by atoms with Crippen molar-refractivity contribution in [3.8, 4) is 0 Å². The quantitative estimate of drug-likeness (QED) is 0.325. The number of hydrogen-bond acceptors (Lipinski definition) is 3. The normalized spacial score (nSPS) is 33.2. The first-order valence-corrected chi connectivity index (χ1v) is 9.58. The minimum Gasteiger partial charge on any atom is -0.483 e. The van der Waals surface area contributed by atoms with Crippen LogP contribution >= 0.6 is 0 Å². The van der Waals surface area contributed by atoms with Crippen LogP contribution in [0.5, 0.6) is 0 Å². The van der Waals surface area contributed by atoms with E-state index >= 15 is 0 Å². The first-order valence-electron chi connectivity index (χ1n) is 9.58. The minimum absolute atomic E-state index is 0.0647. The van der Waals surface area contributed by atoms with E-state index in [1.54, 1.807) is 12.7 Å². The molecule has 134 valence electrons. The SMILES string of the molecule is C=C=C(OC(CC=C1CCCCCC1)COC)[C@]12CNC[C@@]1(C)C2. The lowest BCUT2D eigenvalue weighted by molar-refractivity contribution is 0.0229. The highest BCUT2D eigenvalue weighted by Gasteiger charge is 2.70. The van der Waals surface area contributed by atoms with Gasteiger partial charge in [-0.15, -0.1) is 0 Å². The lowest BCUT2D eigenvalue weighted by Crippen LogP contribution is -2.25. The smallest absolute Gasteiger partial charge is 0.146 e. The van der Waals surface area contributed by atoms with Gasteiger partial charge in [-0.05, 0) is 37.5 Å². The monoisotopic (exact) mass is 331 g/mol. The van der Waals surface area contributed by atoms with Gasteiger partial charge in [0.25, 0.3) is 0 Å². The number of nitrogens with one attached hydrogen (secondary N) is 1. The summed E-state index contributed by atoms with van der Waals surface area (Å²) in [6.07, 6.45) is 12.5. The van der Waals surface area contributed by atoms with Crippen LogP contribution in [0, 0.1) is 10.8 Å². The lowest BCUT2D eigenvalue weighted by atomic mass is 9.96. The maximum atomic E-state index is 6.39. The third-order valence-corrected chi connectivity index (χ3v) is 6.31. The number of methoxy groups -OCH3 is 1. The van der Waals surface area contributed by atoms with E-state index in [1.165, 1.54) is 44.9 Å². The van der Waals surface area contributed by atoms with E-state index in [4.69, 9.17) is 9.47 Å². The highest BCUT2D eigenvalue weighted by atomic mass is 16.5. The molecule has 3 heteroatoms. The Morgan fingerprint density at radius 1 is 1.29 bits per heavy atom. The standard InChI is InChI=1S/C21H33NO2/c1-4-19(21-14-20(21,2)15-22-16-21)24-18(13-23-3)12-11-17-9-7-5-6-8-10-17/h11,18,22H,1,5-10,12-16H2,2-3H3/t18?,20-,21+/m1/s1. The van der Waals surface area contributed by atoms with Crippen molar-refractivity contribution in [1.82, 2.24) is 5.32 Å². The topological polar surface area (TPSA) is 30.5 Å². The fourth-order valence-corrected chi connectivity index (χ4v) is 4.63. The number of allylic oxidation sites excluding steroid dienone is 1. The second-order valence-corrected chi connectivity index (χ2v) is 8.14. The molecule has 3 atom stereocenters. The Morgan fingerprint density at radius 3 is 2.58 bits per heavy atom. The molecule has 3 fully saturated rings. The Balaban J connectivity index is 1.63. The Hall–Kier alpha value is -1.02. The molecule has 1 N–H and O–H groups in total. The molecule has 3 nitrogen and oxygen atoms in total. The van der Waals surface area contributed by atoms with Crippen molar-refractivity contribution >= 4 is 0 Å². The van der Waals surface area contributed by atoms with Gasteiger partial charge >= 0.3 is 0 Å². The van der Waals surface area contributed by atoms with Gasteiger partial charge < -0.3 is 14.8 Å². The molecule has 2 saturated carbocycles. The number of piperidine rings is 1. The summed E-state index contributed by atoms with van der Waals surface area (Å²) in [4.78, 5) is 0. The molecule has 1 aliphatic heterocycles. The zero-order chi connectivity index (χ0) is 17.0. The van der Waals surface area contributed by atoms with Crippen molar-refractivity contribution in [3.63, 3.8) is 0 Å². The van der Waals surface area contributed by atoms with E-state index < -0.39 is 0 Å². The maximum Gasteiger partial charge on any atom is 0.146 e. The second kappa shape index (κ2) is 7.47. The van der Waals surface area contributed by atoms with Crippen molar-refractivity contribution < 1.29 is 9.47 Å². The fourth-order valence-electron chi connectivity index (χ4n) is 4.63. The van der Waals surface area contributed by atoms with Crippen LogP contribution in [0.25, 0.3) is 0 Å². The molecule has 0 bridgehead atoms. The average molecular weight is 332 g/mol. The molecule has 0 spiro atoms. The Bertz CT molecular complexity index is 520. The summed E-state index contributed by atoms with van der Waals surface area (Å²) in [6, 6.07) is 0. The Kier molecular flexibility index (Phi) is 5.54. The molecule has 3 rings (SSSR count). The van der Waals surface area contributed by atoms with E-state index in [-0.39, 0.29) is 11.5 Å². The minimum atomic E-state index is 0.0647. The predicted octanol–water partition coefficient (Wildman–Crippen LogP) is 4.36. The summed E-state index contributed by atoms with van der Waals surface area (Å²) in [5, 5.41) is 3.50. The molecule has 0 aromatic carbocycles. The van der Waals surface area contributed by atoms with Crippen molar-refractivity contribution in [1.29, 1.82) is 0 Å². The van der Waals surface area contributed by atoms with E-state index in [0.717, 1.165) is 25.3 Å². The Morgan fingerprint density at radius 2 is 2.04 bits per heavy atom. The van der Waals surface area contributed by atoms with Gasteiger partial charge in [-0.1, -0.05) is 43.7 Å². The molecular formula is C21H33NO2. The number of rotatable bonds is 7. The molecule has 0 radical (unpaired) electrons. The summed E-state index contributed by atoms with van der Waals surface area (Å²) in [7, 11) is 1.75. The molecule has 2 aliphatic carbocycles. The molecule has 3 aliphatic rings. The van der Waals surface area contributed by atoms with Crippen LogP contribution < -0.4 is 5.32 Å². The highest BCUT2D eigenvalue weighted by molar-refractivity contribution is 5.31. The third kappa shape index (κ3) is 3.49. The molecule has 0 aromatic rings. The zero-order valence-electron chi connectivity index (χ0n) is 15.5. The van der Waals surface area contributed by atoms with Gasteiger partial charge in [0.1, 0.15) is 11.9 Å². The number of hydrogen-bond donors (Lipinski definition) is 1. The maximum absolute atomic E-state index is 6.39. The summed E-state index contributed by atoms with van der Waals surface area (Å²) in [6.45, 7) is 8.93. The van der Waals surface area contributed by atoms with E-state index in [0.29, 0.717) is 12.0 Å². The number of ether oxygens (including phenoxy) is 2. The average Bonchev–Trinajstić information content (AvgIpc) is 3.16. The van der Waals surface area contributed by atoms with E-state index in [9.17, 15) is 0 Å². The third-order valence-electron chi connectivity index (χ3n) is 6.31. The molecule has 1 unspecified atom stereocenters. The molecule has 24 heavy (non-hydrogen) atoms. The first kappa shape index (κ1) is 17.8. The van der Waals surface area contributed by atoms with Gasteiger partial charge in [0.15, 0.2) is 0 Å². The van der Waals surface area contributed by atoms with Crippen LogP contribution in [0.1, 0.15) is 58.3 Å². The van der Waals surface area contributed by atoms with Crippen LogP contribution in [0.15, 0.2) is 29.7 Å². The largest absolute Gasteiger partial charge is 0.483 e. The van der Waals surface area contributed by atoms with Gasteiger partial charge in [-0.25, -0.2) is 0 Å². The highest BCUT2D eigenvalue weighted by Crippen LogP contribution is 2.69. The van der Waals surface area contributed by atoms with Crippen LogP contribution in [0.2, 0.25) is 0 Å². The van der Waals surface area contributed by atoms with Crippen LogP contribution in [-0.2, 0) is 9.47 Å². The molecule has 1 heterocycles. The zero-order valence-corrected chi connectivity index (χ0v) is 15.5. The van der Waals surface area contributed by atoms with Crippen LogP contribution in [-0.4, -0.2) is 32.9 Å². The molecule has 0 aromatic heterocycles.